The van der Waals surface area contributed by atoms with E-state index in [1.165, 1.54) is 0 Å². The topological polar surface area (TPSA) is 108 Å². The van der Waals surface area contributed by atoms with Gasteiger partial charge in [0.25, 0.3) is 0 Å². The number of para-hydroxylation sites is 1. The van der Waals surface area contributed by atoms with Crippen LogP contribution in [-0.4, -0.2) is 64.2 Å². The van der Waals surface area contributed by atoms with Crippen LogP contribution in [0, 0.1) is 17.8 Å². The first-order valence-electron chi connectivity index (χ1n) is 13.5. The third-order valence-corrected chi connectivity index (χ3v) is 8.37. The summed E-state index contributed by atoms with van der Waals surface area (Å²) in [6.07, 6.45) is 4.05. The van der Waals surface area contributed by atoms with Crippen LogP contribution < -0.4 is 10.6 Å². The van der Waals surface area contributed by atoms with Gasteiger partial charge in [0.05, 0.1) is 30.1 Å². The molecule has 4 rings (SSSR count). The third kappa shape index (κ3) is 4.32. The normalized spacial score (nSPS) is 31.6. The Bertz CT molecular complexity index is 969. The minimum absolute atomic E-state index is 0.216. The summed E-state index contributed by atoms with van der Waals surface area (Å²) in [5.41, 5.74) is -1.21. The summed E-state index contributed by atoms with van der Waals surface area (Å²) in [6.45, 7) is 8.37. The number of nitrogens with zero attached hydrogens (tertiary/aromatic N) is 1. The fourth-order valence-electron chi connectivity index (χ4n) is 6.79. The van der Waals surface area contributed by atoms with Gasteiger partial charge in [0.15, 0.2) is 0 Å². The second-order valence-corrected chi connectivity index (χ2v) is 11.0. The molecule has 0 saturated carbocycles. The zero-order valence-electron chi connectivity index (χ0n) is 22.0. The number of aliphatic hydroxyl groups is 1. The number of fused-ring (bicyclic) bond motifs is 1. The number of nitrogens with one attached hydrogen (secondary N) is 2. The van der Waals surface area contributed by atoms with Gasteiger partial charge in [-0.05, 0) is 50.2 Å². The zero-order valence-corrected chi connectivity index (χ0v) is 22.0. The molecule has 0 aromatic heterocycles. The quantitative estimate of drug-likeness (QED) is 0.406. The first-order valence-corrected chi connectivity index (χ1v) is 13.5. The average molecular weight is 500 g/mol. The number of anilines is 1. The van der Waals surface area contributed by atoms with E-state index in [1.54, 1.807) is 4.90 Å². The Morgan fingerprint density at radius 3 is 2.50 bits per heavy atom. The maximum absolute atomic E-state index is 14.2. The van der Waals surface area contributed by atoms with Gasteiger partial charge in [-0.15, -0.1) is 0 Å². The van der Waals surface area contributed by atoms with Crippen molar-refractivity contribution in [3.63, 3.8) is 0 Å². The molecule has 2 bridgehead atoms. The molecule has 36 heavy (non-hydrogen) atoms. The molecule has 2 unspecified atom stereocenters. The van der Waals surface area contributed by atoms with Gasteiger partial charge in [0, 0.05) is 12.2 Å². The number of benzene rings is 1. The first kappa shape index (κ1) is 26.6. The molecule has 3 aliphatic rings. The molecule has 0 radical (unpaired) electrons. The number of carbonyl (C=O) groups is 3. The highest BCUT2D eigenvalue weighted by Crippen LogP contribution is 2.64. The number of carbonyl (C=O) groups excluding carboxylic acids is 3. The first-order chi connectivity index (χ1) is 17.2. The van der Waals surface area contributed by atoms with Gasteiger partial charge in [-0.25, -0.2) is 0 Å². The van der Waals surface area contributed by atoms with E-state index >= 15 is 0 Å². The zero-order chi connectivity index (χ0) is 26.1. The highest BCUT2D eigenvalue weighted by molar-refractivity contribution is 6.02. The van der Waals surface area contributed by atoms with Crippen LogP contribution in [0.15, 0.2) is 30.3 Å². The van der Waals surface area contributed by atoms with Crippen molar-refractivity contribution in [1.29, 1.82) is 0 Å². The molecule has 1 spiro atoms. The number of amides is 3. The Morgan fingerprint density at radius 1 is 1.17 bits per heavy atom. The van der Waals surface area contributed by atoms with Crippen molar-refractivity contribution in [3.8, 4) is 0 Å². The van der Waals surface area contributed by atoms with E-state index in [-0.39, 0.29) is 30.2 Å². The minimum atomic E-state index is -1.08. The van der Waals surface area contributed by atoms with Gasteiger partial charge in [-0.3, -0.25) is 14.4 Å². The fourth-order valence-corrected chi connectivity index (χ4v) is 6.79. The molecule has 3 aliphatic heterocycles. The van der Waals surface area contributed by atoms with Crippen molar-refractivity contribution in [2.24, 2.45) is 17.8 Å². The smallest absolute Gasteiger partial charge is 0.245 e. The van der Waals surface area contributed by atoms with E-state index in [0.717, 1.165) is 12.8 Å². The van der Waals surface area contributed by atoms with E-state index in [1.807, 2.05) is 51.1 Å². The lowest BCUT2D eigenvalue weighted by atomic mass is 9.65. The second-order valence-electron chi connectivity index (χ2n) is 11.0. The summed E-state index contributed by atoms with van der Waals surface area (Å²) < 4.78 is 6.77. The van der Waals surface area contributed by atoms with Crippen LogP contribution in [0.3, 0.4) is 0 Å². The van der Waals surface area contributed by atoms with Crippen molar-refractivity contribution in [2.45, 2.75) is 89.5 Å². The Hall–Kier alpha value is -2.45. The monoisotopic (exact) mass is 499 g/mol. The van der Waals surface area contributed by atoms with Gasteiger partial charge >= 0.3 is 0 Å². The number of unbranched alkanes of at least 4 members (excludes halogenated alkanes) is 1. The summed E-state index contributed by atoms with van der Waals surface area (Å²) in [4.78, 5) is 43.2. The predicted octanol–water partition coefficient (Wildman–Crippen LogP) is 3.10. The standard InChI is InChI=1S/C28H41N3O5/c1-5-7-15-29-25(34)23-28-14-13-27(6-2,36-28)21(24(33)30-19-11-9-8-10-12-19)22(28)26(35)31(23)20(17-32)16-18(3)4/h8-12,18,20-23,32H,5-7,13-17H2,1-4H3,(H,29,34)(H,30,33)/t20-,21+,22+,23?,27-,28?/m1/s1. The van der Waals surface area contributed by atoms with Crippen molar-refractivity contribution < 1.29 is 24.2 Å². The minimum Gasteiger partial charge on any atom is -0.394 e. The molecule has 8 nitrogen and oxygen atoms in total. The van der Waals surface area contributed by atoms with Crippen molar-refractivity contribution in [1.82, 2.24) is 10.2 Å². The molecule has 8 heteroatoms. The molecule has 198 valence electrons. The number of hydrogen-bond acceptors (Lipinski definition) is 5. The summed E-state index contributed by atoms with van der Waals surface area (Å²) in [5.74, 6) is -2.02. The van der Waals surface area contributed by atoms with Crippen LogP contribution in [0.4, 0.5) is 5.69 Å². The van der Waals surface area contributed by atoms with Crippen molar-refractivity contribution >= 4 is 23.4 Å². The lowest BCUT2D eigenvalue weighted by Crippen LogP contribution is -2.58. The van der Waals surface area contributed by atoms with Gasteiger partial charge in [0.2, 0.25) is 17.7 Å². The van der Waals surface area contributed by atoms with Crippen LogP contribution in [0.25, 0.3) is 0 Å². The SMILES string of the molecule is CCCCNC(=O)C1N([C@@H](CO)CC(C)C)C(=O)[C@@H]2[C@@H](C(=O)Nc3ccccc3)[C@@]3(CC)CCC12O3. The van der Waals surface area contributed by atoms with E-state index in [4.69, 9.17) is 4.74 Å². The van der Waals surface area contributed by atoms with Crippen molar-refractivity contribution in [3.05, 3.63) is 30.3 Å². The number of ether oxygens (including phenoxy) is 1. The summed E-state index contributed by atoms with van der Waals surface area (Å²) in [5, 5.41) is 16.3. The molecule has 3 fully saturated rings. The third-order valence-electron chi connectivity index (χ3n) is 8.37. The molecule has 1 aromatic carbocycles. The predicted molar refractivity (Wildman–Crippen MR) is 137 cm³/mol. The molecular formula is C28H41N3O5. The molecule has 6 atom stereocenters. The number of likely N-dealkylation sites (tertiary alicyclic amines) is 1. The maximum atomic E-state index is 14.2. The largest absolute Gasteiger partial charge is 0.394 e. The van der Waals surface area contributed by atoms with Gasteiger partial charge in [-0.1, -0.05) is 52.3 Å². The van der Waals surface area contributed by atoms with Crippen LogP contribution in [0.5, 0.6) is 0 Å². The highest BCUT2D eigenvalue weighted by atomic mass is 16.5. The highest BCUT2D eigenvalue weighted by Gasteiger charge is 2.79. The fraction of sp³-hybridized carbons (Fsp3) is 0.679. The Kier molecular flexibility index (Phi) is 7.76. The molecule has 3 amide bonds. The maximum Gasteiger partial charge on any atom is 0.245 e. The van der Waals surface area contributed by atoms with Crippen LogP contribution in [0.2, 0.25) is 0 Å². The van der Waals surface area contributed by atoms with E-state index in [2.05, 4.69) is 17.6 Å². The van der Waals surface area contributed by atoms with Gasteiger partial charge in [-0.2, -0.15) is 0 Å². The molecule has 3 N–H and O–H groups in total. The molecule has 3 heterocycles. The van der Waals surface area contributed by atoms with E-state index in [9.17, 15) is 19.5 Å². The second kappa shape index (κ2) is 10.5. The Balaban J connectivity index is 1.74. The van der Waals surface area contributed by atoms with Gasteiger partial charge < -0.3 is 25.4 Å². The van der Waals surface area contributed by atoms with Crippen molar-refractivity contribution in [2.75, 3.05) is 18.5 Å². The number of aliphatic hydroxyl groups excluding tert-OH is 1. The van der Waals surface area contributed by atoms with E-state index < -0.39 is 35.1 Å². The number of hydrogen-bond donors (Lipinski definition) is 3. The molecule has 0 aliphatic carbocycles. The van der Waals surface area contributed by atoms with E-state index in [0.29, 0.717) is 37.9 Å². The Morgan fingerprint density at radius 2 is 1.89 bits per heavy atom. The lowest BCUT2D eigenvalue weighted by Gasteiger charge is -2.38. The summed E-state index contributed by atoms with van der Waals surface area (Å²) >= 11 is 0. The molecule has 3 saturated heterocycles. The lowest BCUT2D eigenvalue weighted by molar-refractivity contribution is -0.150. The average Bonchev–Trinajstić information content (AvgIpc) is 3.46. The van der Waals surface area contributed by atoms with Crippen LogP contribution in [-0.2, 0) is 19.1 Å². The molecular weight excluding hydrogens is 458 g/mol. The molecule has 1 aromatic rings. The van der Waals surface area contributed by atoms with Crippen LogP contribution in [0.1, 0.15) is 66.2 Å². The van der Waals surface area contributed by atoms with Gasteiger partial charge in [0.1, 0.15) is 11.6 Å². The van der Waals surface area contributed by atoms with Crippen LogP contribution >= 0.6 is 0 Å². The summed E-state index contributed by atoms with van der Waals surface area (Å²) in [6, 6.07) is 7.82. The summed E-state index contributed by atoms with van der Waals surface area (Å²) in [7, 11) is 0. The number of rotatable bonds is 11. The Labute approximate surface area is 214 Å².